The highest BCUT2D eigenvalue weighted by Gasteiger charge is 2.32. The Hall–Kier alpha value is -2.68. The summed E-state index contributed by atoms with van der Waals surface area (Å²) < 4.78 is 12.7. The van der Waals surface area contributed by atoms with Gasteiger partial charge >= 0.3 is 0 Å². The largest absolute Gasteiger partial charge is 0.486 e. The Labute approximate surface area is 203 Å². The summed E-state index contributed by atoms with van der Waals surface area (Å²) in [6.07, 6.45) is 2.04. The van der Waals surface area contributed by atoms with Crippen molar-refractivity contribution in [3.05, 3.63) is 53.0 Å². The molecule has 0 aliphatic carbocycles. The van der Waals surface area contributed by atoms with Gasteiger partial charge in [0.05, 0.1) is 29.3 Å². The van der Waals surface area contributed by atoms with E-state index < -0.39 is 0 Å². The van der Waals surface area contributed by atoms with E-state index in [9.17, 15) is 4.79 Å². The Balaban J connectivity index is 1.04. The molecule has 1 atom stereocenters. The number of fused-ring (bicyclic) bond motifs is 2. The number of para-hydroxylation sites is 1. The van der Waals surface area contributed by atoms with Crippen LogP contribution in [0.15, 0.2) is 42.5 Å². The molecule has 0 N–H and O–H groups in total. The molecule has 3 aliphatic rings. The van der Waals surface area contributed by atoms with Crippen molar-refractivity contribution < 1.29 is 14.3 Å². The van der Waals surface area contributed by atoms with E-state index in [0.717, 1.165) is 74.7 Å². The van der Waals surface area contributed by atoms with Crippen molar-refractivity contribution in [1.29, 1.82) is 0 Å². The molecule has 2 fully saturated rings. The molecule has 7 nitrogen and oxygen atoms in total. The van der Waals surface area contributed by atoms with Crippen LogP contribution in [0.4, 0.5) is 0 Å². The first-order valence-corrected chi connectivity index (χ1v) is 13.0. The quantitative estimate of drug-likeness (QED) is 0.559. The lowest BCUT2D eigenvalue weighted by Gasteiger charge is -2.35. The van der Waals surface area contributed by atoms with E-state index in [4.69, 9.17) is 14.5 Å². The van der Waals surface area contributed by atoms with E-state index in [2.05, 4.69) is 45.0 Å². The number of rotatable bonds is 5. The van der Waals surface area contributed by atoms with Crippen LogP contribution in [0.3, 0.4) is 0 Å². The molecule has 4 heterocycles. The Morgan fingerprint density at radius 1 is 0.971 bits per heavy atom. The molecule has 8 heteroatoms. The molecule has 1 aromatic heterocycles. The highest BCUT2D eigenvalue weighted by Crippen LogP contribution is 2.38. The molecule has 3 aliphatic heterocycles. The number of ether oxygens (including phenoxy) is 2. The van der Waals surface area contributed by atoms with Crippen LogP contribution in [-0.4, -0.2) is 78.1 Å². The Morgan fingerprint density at radius 3 is 2.62 bits per heavy atom. The topological polar surface area (TPSA) is 58.1 Å². The highest BCUT2D eigenvalue weighted by molar-refractivity contribution is 7.18. The number of hydrogen-bond donors (Lipinski definition) is 0. The zero-order valence-corrected chi connectivity index (χ0v) is 20.1. The van der Waals surface area contributed by atoms with E-state index >= 15 is 0 Å². The van der Waals surface area contributed by atoms with Crippen LogP contribution in [-0.2, 0) is 11.3 Å². The molecular formula is C26H30N4O3S. The van der Waals surface area contributed by atoms with Gasteiger partial charge in [0, 0.05) is 32.7 Å². The first kappa shape index (κ1) is 21.8. The van der Waals surface area contributed by atoms with E-state index in [1.165, 1.54) is 9.71 Å². The predicted octanol–water partition coefficient (Wildman–Crippen LogP) is 3.55. The van der Waals surface area contributed by atoms with Crippen molar-refractivity contribution in [3.8, 4) is 11.5 Å². The number of amides is 1. The van der Waals surface area contributed by atoms with Crippen molar-refractivity contribution in [2.24, 2.45) is 0 Å². The second kappa shape index (κ2) is 9.52. The van der Waals surface area contributed by atoms with Gasteiger partial charge in [-0.2, -0.15) is 0 Å². The van der Waals surface area contributed by atoms with Crippen molar-refractivity contribution in [1.82, 2.24) is 19.7 Å². The van der Waals surface area contributed by atoms with Crippen LogP contribution in [0.1, 0.15) is 29.5 Å². The van der Waals surface area contributed by atoms with Crippen LogP contribution in [0.2, 0.25) is 0 Å². The summed E-state index contributed by atoms with van der Waals surface area (Å²) in [6, 6.07) is 14.6. The zero-order chi connectivity index (χ0) is 22.9. The fourth-order valence-electron chi connectivity index (χ4n) is 5.25. The van der Waals surface area contributed by atoms with Gasteiger partial charge in [0.2, 0.25) is 5.91 Å². The minimum atomic E-state index is 0.128. The number of piperazine rings is 1. The molecule has 0 unspecified atom stereocenters. The van der Waals surface area contributed by atoms with Crippen LogP contribution in [0, 0.1) is 0 Å². The molecule has 0 radical (unpaired) electrons. The van der Waals surface area contributed by atoms with Gasteiger partial charge in [0.1, 0.15) is 18.2 Å². The second-order valence-corrected chi connectivity index (χ2v) is 10.4. The average Bonchev–Trinajstić information content (AvgIpc) is 3.52. The molecule has 34 heavy (non-hydrogen) atoms. The minimum absolute atomic E-state index is 0.128. The number of aromatic nitrogens is 1. The molecule has 2 aromatic carbocycles. The third kappa shape index (κ3) is 4.50. The van der Waals surface area contributed by atoms with Gasteiger partial charge in [-0.1, -0.05) is 18.2 Å². The molecule has 6 rings (SSSR count). The summed E-state index contributed by atoms with van der Waals surface area (Å²) >= 11 is 1.78. The van der Waals surface area contributed by atoms with E-state index in [1.54, 1.807) is 11.3 Å². The Kier molecular flexibility index (Phi) is 6.11. The van der Waals surface area contributed by atoms with E-state index in [-0.39, 0.29) is 11.9 Å². The normalized spacial score (nSPS) is 21.3. The third-order valence-electron chi connectivity index (χ3n) is 7.04. The number of nitrogens with zero attached hydrogens (tertiary/aromatic N) is 4. The van der Waals surface area contributed by atoms with Crippen LogP contribution >= 0.6 is 11.3 Å². The van der Waals surface area contributed by atoms with E-state index in [0.29, 0.717) is 19.8 Å². The molecule has 2 saturated heterocycles. The fraction of sp³-hybridized carbons (Fsp3) is 0.462. The smallest absolute Gasteiger partial charge is 0.237 e. The maximum Gasteiger partial charge on any atom is 0.237 e. The number of carbonyl (C=O) groups excluding carboxylic acids is 1. The van der Waals surface area contributed by atoms with Gasteiger partial charge in [0.25, 0.3) is 0 Å². The molecular weight excluding hydrogens is 448 g/mol. The molecule has 1 amide bonds. The van der Waals surface area contributed by atoms with Crippen LogP contribution in [0.5, 0.6) is 11.5 Å². The van der Waals surface area contributed by atoms with Crippen molar-refractivity contribution in [2.45, 2.75) is 25.4 Å². The Bertz CT molecular complexity index is 1140. The van der Waals surface area contributed by atoms with Crippen LogP contribution < -0.4 is 9.47 Å². The number of carbonyl (C=O) groups is 1. The van der Waals surface area contributed by atoms with Gasteiger partial charge < -0.3 is 14.4 Å². The summed E-state index contributed by atoms with van der Waals surface area (Å²) in [5, 5.41) is 1.17. The summed E-state index contributed by atoms with van der Waals surface area (Å²) in [4.78, 5) is 24.9. The fourth-order valence-corrected chi connectivity index (χ4v) is 6.26. The third-order valence-corrected chi connectivity index (χ3v) is 8.07. The monoisotopic (exact) mass is 478 g/mol. The molecule has 0 spiro atoms. The number of benzene rings is 2. The Morgan fingerprint density at radius 2 is 1.76 bits per heavy atom. The van der Waals surface area contributed by atoms with Gasteiger partial charge in [-0.25, -0.2) is 4.98 Å². The standard InChI is InChI=1S/C26H30N4O3S/c31-26(30-9-3-5-21(30)19-7-8-22-23(16-19)33-15-14-32-22)18-29-12-10-28(11-13-29)17-25-27-20-4-1-2-6-24(20)34-25/h1-2,4,6-8,16,21H,3,5,9-15,17-18H2/t21-/m0/s1. The van der Waals surface area contributed by atoms with Gasteiger partial charge in [-0.3, -0.25) is 14.6 Å². The maximum atomic E-state index is 13.3. The number of likely N-dealkylation sites (tertiary alicyclic amines) is 1. The lowest BCUT2D eigenvalue weighted by Crippen LogP contribution is -2.49. The van der Waals surface area contributed by atoms with Crippen molar-refractivity contribution in [3.63, 3.8) is 0 Å². The predicted molar refractivity (Wildman–Crippen MR) is 132 cm³/mol. The average molecular weight is 479 g/mol. The number of hydrogen-bond acceptors (Lipinski definition) is 7. The summed E-state index contributed by atoms with van der Waals surface area (Å²) in [7, 11) is 0. The highest BCUT2D eigenvalue weighted by atomic mass is 32.1. The summed E-state index contributed by atoms with van der Waals surface area (Å²) in [5.41, 5.74) is 2.24. The SMILES string of the molecule is O=C(CN1CCN(Cc2nc3ccccc3s2)CC1)N1CCC[C@H]1c1ccc2c(c1)OCCO2. The van der Waals surface area contributed by atoms with Gasteiger partial charge in [-0.15, -0.1) is 11.3 Å². The molecule has 3 aromatic rings. The molecule has 0 saturated carbocycles. The van der Waals surface area contributed by atoms with Crippen molar-refractivity contribution >= 4 is 27.5 Å². The number of thiazole rings is 1. The second-order valence-electron chi connectivity index (χ2n) is 9.28. The van der Waals surface area contributed by atoms with E-state index in [1.807, 2.05) is 12.1 Å². The zero-order valence-electron chi connectivity index (χ0n) is 19.3. The maximum absolute atomic E-state index is 13.3. The lowest BCUT2D eigenvalue weighted by atomic mass is 10.0. The summed E-state index contributed by atoms with van der Waals surface area (Å²) in [6.45, 7) is 7.15. The van der Waals surface area contributed by atoms with Crippen LogP contribution in [0.25, 0.3) is 10.2 Å². The van der Waals surface area contributed by atoms with Gasteiger partial charge in [-0.05, 0) is 42.7 Å². The molecule has 0 bridgehead atoms. The van der Waals surface area contributed by atoms with Crippen molar-refractivity contribution in [2.75, 3.05) is 52.5 Å². The summed E-state index contributed by atoms with van der Waals surface area (Å²) in [5.74, 6) is 1.83. The lowest BCUT2D eigenvalue weighted by molar-refractivity contribution is -0.133. The first-order valence-electron chi connectivity index (χ1n) is 12.2. The first-order chi connectivity index (χ1) is 16.7. The molecule has 178 valence electrons. The minimum Gasteiger partial charge on any atom is -0.486 e. The van der Waals surface area contributed by atoms with Gasteiger partial charge in [0.15, 0.2) is 11.5 Å².